The highest BCUT2D eigenvalue weighted by atomic mass is 32.2. The Morgan fingerprint density at radius 2 is 2.33 bits per heavy atom. The van der Waals surface area contributed by atoms with E-state index in [1.165, 1.54) is 6.26 Å². The van der Waals surface area contributed by atoms with Crippen molar-refractivity contribution in [2.24, 2.45) is 5.73 Å². The highest BCUT2D eigenvalue weighted by Crippen LogP contribution is 2.32. The van der Waals surface area contributed by atoms with Crippen molar-refractivity contribution in [1.82, 2.24) is 4.90 Å². The highest BCUT2D eigenvalue weighted by molar-refractivity contribution is 8.00. The summed E-state index contributed by atoms with van der Waals surface area (Å²) >= 11 is 1.70. The van der Waals surface area contributed by atoms with Crippen molar-refractivity contribution in [3.8, 4) is 0 Å². The fourth-order valence-electron chi connectivity index (χ4n) is 2.82. The number of rotatable bonds is 3. The van der Waals surface area contributed by atoms with Crippen molar-refractivity contribution in [2.45, 2.75) is 23.8 Å². The minimum absolute atomic E-state index is 0.285. The molecule has 106 valence electrons. The molecule has 2 fully saturated rings. The predicted octanol–water partition coefficient (Wildman–Crippen LogP) is -0.0862. The molecule has 0 bridgehead atoms. The third kappa shape index (κ3) is 2.85. The molecule has 2 N–H and O–H groups in total. The summed E-state index contributed by atoms with van der Waals surface area (Å²) in [7, 11) is -3.08. The summed E-state index contributed by atoms with van der Waals surface area (Å²) in [5, 5.41) is -0.415. The zero-order valence-corrected chi connectivity index (χ0v) is 12.4. The van der Waals surface area contributed by atoms with Gasteiger partial charge in [0, 0.05) is 37.5 Å². The van der Waals surface area contributed by atoms with E-state index in [0.717, 1.165) is 31.7 Å². The number of thioether (sulfide) groups is 1. The van der Waals surface area contributed by atoms with Crippen LogP contribution >= 0.6 is 11.8 Å². The fraction of sp³-hybridized carbons (Fsp3) is 1.00. The van der Waals surface area contributed by atoms with Crippen molar-refractivity contribution >= 4 is 21.6 Å². The van der Waals surface area contributed by atoms with Crippen LogP contribution < -0.4 is 5.73 Å². The lowest BCUT2D eigenvalue weighted by Gasteiger charge is -2.50. The average Bonchev–Trinajstić information content (AvgIpc) is 2.38. The van der Waals surface area contributed by atoms with Gasteiger partial charge in [0.1, 0.15) is 5.37 Å². The Bertz CT molecular complexity index is 380. The molecule has 7 heteroatoms. The molecule has 2 aliphatic rings. The lowest BCUT2D eigenvalue weighted by atomic mass is 9.90. The van der Waals surface area contributed by atoms with Gasteiger partial charge >= 0.3 is 0 Å². The molecule has 2 heterocycles. The molecule has 0 spiro atoms. The van der Waals surface area contributed by atoms with E-state index in [1.54, 1.807) is 11.8 Å². The molecule has 2 aliphatic heterocycles. The third-order valence-electron chi connectivity index (χ3n) is 3.87. The lowest BCUT2D eigenvalue weighted by Crippen LogP contribution is -2.65. The standard InChI is InChI=1S/C11H22N2O3S2/c1-18(14,15)10-7-17-6-4-13(10)11(8-12)3-2-5-16-9-11/h10H,2-9,12H2,1H3. The summed E-state index contributed by atoms with van der Waals surface area (Å²) in [6.45, 7) is 2.56. The first-order chi connectivity index (χ1) is 8.49. The molecular weight excluding hydrogens is 272 g/mol. The van der Waals surface area contributed by atoms with Crippen LogP contribution in [0.3, 0.4) is 0 Å². The van der Waals surface area contributed by atoms with Gasteiger partial charge in [-0.25, -0.2) is 8.42 Å². The van der Waals surface area contributed by atoms with E-state index < -0.39 is 15.2 Å². The second-order valence-corrected chi connectivity index (χ2v) is 8.49. The molecule has 0 aromatic carbocycles. The number of sulfone groups is 1. The maximum Gasteiger partial charge on any atom is 0.164 e. The summed E-state index contributed by atoms with van der Waals surface area (Å²) in [6, 6.07) is 0. The SMILES string of the molecule is CS(=O)(=O)C1CSCCN1C1(CN)CCCOC1. The third-order valence-corrected chi connectivity index (χ3v) is 6.51. The van der Waals surface area contributed by atoms with Gasteiger partial charge in [0.05, 0.1) is 12.1 Å². The second kappa shape index (κ2) is 5.66. The van der Waals surface area contributed by atoms with Crippen LogP contribution in [0.5, 0.6) is 0 Å². The first-order valence-corrected chi connectivity index (χ1v) is 9.42. The predicted molar refractivity (Wildman–Crippen MR) is 74.5 cm³/mol. The summed E-state index contributed by atoms with van der Waals surface area (Å²) < 4.78 is 29.5. The molecule has 2 rings (SSSR count). The first-order valence-electron chi connectivity index (χ1n) is 6.31. The van der Waals surface area contributed by atoms with Crippen LogP contribution in [0.4, 0.5) is 0 Å². The second-order valence-electron chi connectivity index (χ2n) is 5.14. The van der Waals surface area contributed by atoms with Crippen molar-refractivity contribution in [3.63, 3.8) is 0 Å². The van der Waals surface area contributed by atoms with Gasteiger partial charge in [0.15, 0.2) is 9.84 Å². The molecule has 0 radical (unpaired) electrons. The molecule has 2 saturated heterocycles. The van der Waals surface area contributed by atoms with E-state index in [9.17, 15) is 8.42 Å². The van der Waals surface area contributed by atoms with Crippen LogP contribution in [0.25, 0.3) is 0 Å². The average molecular weight is 294 g/mol. The zero-order chi connectivity index (χ0) is 13.2. The Morgan fingerprint density at radius 1 is 1.56 bits per heavy atom. The largest absolute Gasteiger partial charge is 0.379 e. The molecule has 0 aliphatic carbocycles. The Kier molecular flexibility index (Phi) is 4.59. The number of nitrogens with zero attached hydrogens (tertiary/aromatic N) is 1. The molecule has 2 atom stereocenters. The van der Waals surface area contributed by atoms with Gasteiger partial charge < -0.3 is 10.5 Å². The van der Waals surface area contributed by atoms with Crippen molar-refractivity contribution in [1.29, 1.82) is 0 Å². The van der Waals surface area contributed by atoms with Crippen molar-refractivity contribution in [3.05, 3.63) is 0 Å². The maximum atomic E-state index is 12.0. The summed E-state index contributed by atoms with van der Waals surface area (Å²) in [4.78, 5) is 2.10. The smallest absolute Gasteiger partial charge is 0.164 e. The highest BCUT2D eigenvalue weighted by Gasteiger charge is 2.45. The molecule has 2 unspecified atom stereocenters. The van der Waals surface area contributed by atoms with E-state index in [0.29, 0.717) is 18.9 Å². The van der Waals surface area contributed by atoms with Crippen molar-refractivity contribution in [2.75, 3.05) is 44.1 Å². The van der Waals surface area contributed by atoms with E-state index in [2.05, 4.69) is 4.90 Å². The van der Waals surface area contributed by atoms with E-state index in [4.69, 9.17) is 10.5 Å². The Labute approximate surface area is 113 Å². The first kappa shape index (κ1) is 14.6. The molecule has 0 aromatic heterocycles. The van der Waals surface area contributed by atoms with Crippen LogP contribution in [0.1, 0.15) is 12.8 Å². The Morgan fingerprint density at radius 3 is 2.89 bits per heavy atom. The lowest BCUT2D eigenvalue weighted by molar-refractivity contribution is -0.0469. The zero-order valence-electron chi connectivity index (χ0n) is 10.8. The quantitative estimate of drug-likeness (QED) is 0.784. The molecule has 5 nitrogen and oxygen atoms in total. The molecule has 18 heavy (non-hydrogen) atoms. The van der Waals surface area contributed by atoms with Gasteiger partial charge in [-0.15, -0.1) is 0 Å². The van der Waals surface area contributed by atoms with E-state index >= 15 is 0 Å². The minimum atomic E-state index is -3.08. The molecular formula is C11H22N2O3S2. The molecule has 0 saturated carbocycles. The van der Waals surface area contributed by atoms with Crippen LogP contribution in [0.2, 0.25) is 0 Å². The molecule has 0 amide bonds. The monoisotopic (exact) mass is 294 g/mol. The Balaban J connectivity index is 2.26. The van der Waals surface area contributed by atoms with Crippen LogP contribution in [0, 0.1) is 0 Å². The van der Waals surface area contributed by atoms with Gasteiger partial charge in [-0.2, -0.15) is 11.8 Å². The summed E-state index contributed by atoms with van der Waals surface area (Å²) in [5.74, 6) is 1.61. The summed E-state index contributed by atoms with van der Waals surface area (Å²) in [5.41, 5.74) is 5.67. The maximum absolute atomic E-state index is 12.0. The van der Waals surface area contributed by atoms with Gasteiger partial charge in [-0.05, 0) is 12.8 Å². The number of ether oxygens (including phenoxy) is 1. The van der Waals surface area contributed by atoms with Crippen LogP contribution in [-0.2, 0) is 14.6 Å². The summed E-state index contributed by atoms with van der Waals surface area (Å²) in [6.07, 6.45) is 3.21. The number of nitrogens with two attached hydrogens (primary N) is 1. The number of hydrogen-bond acceptors (Lipinski definition) is 6. The van der Waals surface area contributed by atoms with Gasteiger partial charge in [0.25, 0.3) is 0 Å². The van der Waals surface area contributed by atoms with Crippen LogP contribution in [-0.4, -0.2) is 68.3 Å². The number of hydrogen-bond donors (Lipinski definition) is 1. The molecule has 0 aromatic rings. The van der Waals surface area contributed by atoms with E-state index in [-0.39, 0.29) is 5.54 Å². The normalized spacial score (nSPS) is 35.6. The van der Waals surface area contributed by atoms with Gasteiger partial charge in [-0.3, -0.25) is 4.90 Å². The topological polar surface area (TPSA) is 72.6 Å². The van der Waals surface area contributed by atoms with Crippen molar-refractivity contribution < 1.29 is 13.2 Å². The van der Waals surface area contributed by atoms with E-state index in [1.807, 2.05) is 0 Å². The van der Waals surface area contributed by atoms with Gasteiger partial charge in [0.2, 0.25) is 0 Å². The minimum Gasteiger partial charge on any atom is -0.379 e. The Hall–Kier alpha value is 0.180. The van der Waals surface area contributed by atoms with Crippen LogP contribution in [0.15, 0.2) is 0 Å². The fourth-order valence-corrected chi connectivity index (χ4v) is 5.76. The van der Waals surface area contributed by atoms with Gasteiger partial charge in [-0.1, -0.05) is 0 Å².